The van der Waals surface area contributed by atoms with Crippen LogP contribution in [0.5, 0.6) is 0 Å². The number of anilines is 1. The molecule has 0 bridgehead atoms. The molecule has 0 spiro atoms. The van der Waals surface area contributed by atoms with Crippen LogP contribution in [0.1, 0.15) is 78.1 Å². The molecule has 2 saturated heterocycles. The molecular weight excluding hydrogens is 410 g/mol. The van der Waals surface area contributed by atoms with E-state index in [0.717, 1.165) is 63.0 Å². The van der Waals surface area contributed by atoms with Gasteiger partial charge in [0.05, 0.1) is 18.4 Å². The minimum atomic E-state index is 0.226. The molecule has 31 heavy (non-hydrogen) atoms. The van der Waals surface area contributed by atoms with Gasteiger partial charge in [-0.1, -0.05) is 31.0 Å². The molecule has 0 N–H and O–H groups in total. The number of aromatic nitrogens is 3. The van der Waals surface area contributed by atoms with Gasteiger partial charge in [-0.3, -0.25) is 9.36 Å². The molecule has 0 unspecified atom stereocenters. The van der Waals surface area contributed by atoms with E-state index >= 15 is 0 Å². The Labute approximate surface area is 191 Å². The average molecular weight is 450 g/mol. The predicted octanol–water partition coefficient (Wildman–Crippen LogP) is 4.11. The summed E-state index contributed by atoms with van der Waals surface area (Å²) in [6, 6.07) is 0.639. The summed E-state index contributed by atoms with van der Waals surface area (Å²) in [6.45, 7) is 7.99. The van der Waals surface area contributed by atoms with Gasteiger partial charge in [0.15, 0.2) is 5.16 Å². The topological polar surface area (TPSA) is 63.5 Å². The van der Waals surface area contributed by atoms with Gasteiger partial charge in [-0.2, -0.15) is 0 Å². The second-order valence-corrected chi connectivity index (χ2v) is 10.5. The number of piperidine rings is 1. The minimum Gasteiger partial charge on any atom is -0.376 e. The highest BCUT2D eigenvalue weighted by molar-refractivity contribution is 7.99. The predicted molar refractivity (Wildman–Crippen MR) is 125 cm³/mol. The lowest BCUT2D eigenvalue weighted by Gasteiger charge is -2.37. The number of carbonyl (C=O) groups is 1. The van der Waals surface area contributed by atoms with E-state index in [1.807, 2.05) is 0 Å². The van der Waals surface area contributed by atoms with Gasteiger partial charge in [0.1, 0.15) is 0 Å². The summed E-state index contributed by atoms with van der Waals surface area (Å²) in [5.74, 6) is 1.62. The second-order valence-electron chi connectivity index (χ2n) is 9.55. The molecular formula is C23H39N5O2S. The third-order valence-corrected chi connectivity index (χ3v) is 7.84. The minimum absolute atomic E-state index is 0.226. The van der Waals surface area contributed by atoms with E-state index in [1.54, 1.807) is 11.8 Å². The van der Waals surface area contributed by atoms with Gasteiger partial charge in [0.2, 0.25) is 11.9 Å². The van der Waals surface area contributed by atoms with Gasteiger partial charge in [0.25, 0.3) is 0 Å². The van der Waals surface area contributed by atoms with Crippen molar-refractivity contribution in [2.75, 3.05) is 30.3 Å². The third-order valence-electron chi connectivity index (χ3n) is 6.88. The Morgan fingerprint density at radius 2 is 1.81 bits per heavy atom. The summed E-state index contributed by atoms with van der Waals surface area (Å²) in [4.78, 5) is 17.7. The molecule has 3 heterocycles. The molecule has 1 amide bonds. The molecule has 1 aliphatic carbocycles. The molecule has 0 aromatic carbocycles. The van der Waals surface area contributed by atoms with Crippen molar-refractivity contribution in [3.8, 4) is 0 Å². The number of rotatable bonds is 8. The van der Waals surface area contributed by atoms with Crippen LogP contribution in [0.15, 0.2) is 5.16 Å². The monoisotopic (exact) mass is 449 g/mol. The summed E-state index contributed by atoms with van der Waals surface area (Å²) < 4.78 is 8.14. The van der Waals surface area contributed by atoms with Gasteiger partial charge in [-0.05, 0) is 58.8 Å². The maximum Gasteiger partial charge on any atom is 0.233 e. The lowest BCUT2D eigenvalue weighted by molar-refractivity contribution is -0.133. The Bertz CT molecular complexity index is 707. The van der Waals surface area contributed by atoms with Crippen LogP contribution in [0.4, 0.5) is 5.95 Å². The number of hydrogen-bond acceptors (Lipinski definition) is 6. The standard InChI is InChI=1S/C23H39N5O2S/c1-18(2)28(19-10-5-3-6-11-19)21(29)17-31-23-25-24-22(26-13-7-4-8-14-26)27(23)16-20-12-9-15-30-20/h18-20H,3-17H2,1-2H3/t20-/m1/s1. The van der Waals surface area contributed by atoms with Gasteiger partial charge in [-0.15, -0.1) is 10.2 Å². The van der Waals surface area contributed by atoms with Crippen molar-refractivity contribution in [2.24, 2.45) is 0 Å². The van der Waals surface area contributed by atoms with Crippen LogP contribution in [0, 0.1) is 0 Å². The van der Waals surface area contributed by atoms with Crippen molar-refractivity contribution in [3.05, 3.63) is 0 Å². The SMILES string of the molecule is CC(C)N(C(=O)CSc1nnc(N2CCCCC2)n1C[C@H]1CCCO1)C1CCCCC1. The van der Waals surface area contributed by atoms with Crippen molar-refractivity contribution < 1.29 is 9.53 Å². The van der Waals surface area contributed by atoms with Crippen LogP contribution >= 0.6 is 11.8 Å². The number of thioether (sulfide) groups is 1. The third kappa shape index (κ3) is 5.75. The van der Waals surface area contributed by atoms with E-state index in [4.69, 9.17) is 4.74 Å². The molecule has 0 radical (unpaired) electrons. The molecule has 3 fully saturated rings. The molecule has 7 nitrogen and oxygen atoms in total. The van der Waals surface area contributed by atoms with Gasteiger partial charge in [0, 0.05) is 31.8 Å². The van der Waals surface area contributed by atoms with Gasteiger partial charge < -0.3 is 14.5 Å². The van der Waals surface area contributed by atoms with Crippen LogP contribution in [-0.2, 0) is 16.1 Å². The molecule has 1 aromatic rings. The highest BCUT2D eigenvalue weighted by Gasteiger charge is 2.29. The van der Waals surface area contributed by atoms with Crippen molar-refractivity contribution >= 4 is 23.6 Å². The van der Waals surface area contributed by atoms with E-state index in [0.29, 0.717) is 11.8 Å². The number of amides is 1. The lowest BCUT2D eigenvalue weighted by Crippen LogP contribution is -2.46. The summed E-state index contributed by atoms with van der Waals surface area (Å²) >= 11 is 1.55. The van der Waals surface area contributed by atoms with Crippen LogP contribution in [0.3, 0.4) is 0 Å². The highest BCUT2D eigenvalue weighted by Crippen LogP contribution is 2.29. The molecule has 4 rings (SSSR count). The van der Waals surface area contributed by atoms with Gasteiger partial charge in [-0.25, -0.2) is 0 Å². The fourth-order valence-corrected chi connectivity index (χ4v) is 6.15. The Balaban J connectivity index is 1.46. The molecule has 2 aliphatic heterocycles. The fraction of sp³-hybridized carbons (Fsp3) is 0.870. The first-order valence-corrected chi connectivity index (χ1v) is 13.4. The first-order valence-electron chi connectivity index (χ1n) is 12.4. The summed E-state index contributed by atoms with van der Waals surface area (Å²) in [5, 5.41) is 9.96. The van der Waals surface area contributed by atoms with Crippen molar-refractivity contribution in [3.63, 3.8) is 0 Å². The van der Waals surface area contributed by atoms with Crippen LogP contribution < -0.4 is 4.90 Å². The largest absolute Gasteiger partial charge is 0.376 e. The molecule has 1 atom stereocenters. The quantitative estimate of drug-likeness (QED) is 0.557. The van der Waals surface area contributed by atoms with Crippen molar-refractivity contribution in [2.45, 2.75) is 108 Å². The lowest BCUT2D eigenvalue weighted by atomic mass is 9.93. The van der Waals surface area contributed by atoms with E-state index in [1.165, 1.54) is 38.5 Å². The normalized spacial score (nSPS) is 22.9. The molecule has 8 heteroatoms. The van der Waals surface area contributed by atoms with Crippen LogP contribution in [0.2, 0.25) is 0 Å². The Hall–Kier alpha value is -1.28. The van der Waals surface area contributed by atoms with E-state index < -0.39 is 0 Å². The Kier molecular flexibility index (Phi) is 8.15. The van der Waals surface area contributed by atoms with Crippen molar-refractivity contribution in [1.82, 2.24) is 19.7 Å². The zero-order valence-corrected chi connectivity index (χ0v) is 20.1. The summed E-state index contributed by atoms with van der Waals surface area (Å²) in [7, 11) is 0. The Morgan fingerprint density at radius 3 is 2.48 bits per heavy atom. The zero-order chi connectivity index (χ0) is 21.6. The van der Waals surface area contributed by atoms with Gasteiger partial charge >= 0.3 is 0 Å². The highest BCUT2D eigenvalue weighted by atomic mass is 32.2. The summed E-state index contributed by atoms with van der Waals surface area (Å²) in [5.41, 5.74) is 0. The fourth-order valence-electron chi connectivity index (χ4n) is 5.34. The molecule has 1 saturated carbocycles. The first kappa shape index (κ1) is 22.9. The first-order chi connectivity index (χ1) is 15.1. The van der Waals surface area contributed by atoms with E-state index in [2.05, 4.69) is 38.4 Å². The zero-order valence-electron chi connectivity index (χ0n) is 19.3. The van der Waals surface area contributed by atoms with Crippen LogP contribution in [-0.4, -0.2) is 69.2 Å². The number of ether oxygens (including phenoxy) is 1. The number of carbonyl (C=O) groups excluding carboxylic acids is 1. The van der Waals surface area contributed by atoms with E-state index in [-0.39, 0.29) is 18.1 Å². The van der Waals surface area contributed by atoms with Crippen molar-refractivity contribution in [1.29, 1.82) is 0 Å². The smallest absolute Gasteiger partial charge is 0.233 e. The number of nitrogens with zero attached hydrogens (tertiary/aromatic N) is 5. The molecule has 174 valence electrons. The molecule has 1 aromatic heterocycles. The summed E-state index contributed by atoms with van der Waals surface area (Å²) in [6.07, 6.45) is 12.2. The Morgan fingerprint density at radius 1 is 1.06 bits per heavy atom. The maximum absolute atomic E-state index is 13.2. The van der Waals surface area contributed by atoms with E-state index in [9.17, 15) is 4.79 Å². The molecule has 3 aliphatic rings. The second kappa shape index (κ2) is 11.0. The number of hydrogen-bond donors (Lipinski definition) is 0. The van der Waals surface area contributed by atoms with Crippen LogP contribution in [0.25, 0.3) is 0 Å². The maximum atomic E-state index is 13.2. The average Bonchev–Trinajstić information content (AvgIpc) is 3.44.